The quantitative estimate of drug-likeness (QED) is 0.331. The Kier molecular flexibility index (Phi) is 2.41. The lowest BCUT2D eigenvalue weighted by molar-refractivity contribution is -0.146. The molecule has 0 saturated carbocycles. The van der Waals surface area contributed by atoms with E-state index in [1.54, 1.807) is 6.08 Å². The number of aldehydes is 1. The Morgan fingerprint density at radius 2 is 2.45 bits per heavy atom. The Bertz CT molecular complexity index is 196. The van der Waals surface area contributed by atoms with Gasteiger partial charge in [0.1, 0.15) is 6.29 Å². The minimum Gasteiger partial charge on any atom is -0.469 e. The summed E-state index contributed by atoms with van der Waals surface area (Å²) >= 11 is 0. The molecule has 1 aliphatic rings. The molecule has 0 saturated heterocycles. The van der Waals surface area contributed by atoms with E-state index in [1.807, 2.05) is 6.08 Å². The minimum atomic E-state index is -0.350. The normalized spacial score (nSPS) is 28.5. The molecule has 0 fully saturated rings. The van der Waals surface area contributed by atoms with Crippen LogP contribution in [0.4, 0.5) is 0 Å². The smallest absolute Gasteiger partial charge is 0.313 e. The fourth-order valence-corrected chi connectivity index (χ4v) is 1.20. The van der Waals surface area contributed by atoms with Crippen molar-refractivity contribution in [3.05, 3.63) is 12.2 Å². The third-order valence-corrected chi connectivity index (χ3v) is 1.86. The first-order valence-corrected chi connectivity index (χ1v) is 3.49. The van der Waals surface area contributed by atoms with Crippen LogP contribution in [0.5, 0.6) is 0 Å². The SMILES string of the molecule is COC(=O)C1C=CCC1C=O. The summed E-state index contributed by atoms with van der Waals surface area (Å²) in [6.45, 7) is 0. The molecular weight excluding hydrogens is 144 g/mol. The summed E-state index contributed by atoms with van der Waals surface area (Å²) in [5, 5.41) is 0. The maximum atomic E-state index is 11.0. The van der Waals surface area contributed by atoms with E-state index in [0.717, 1.165) is 6.29 Å². The third-order valence-electron chi connectivity index (χ3n) is 1.86. The van der Waals surface area contributed by atoms with Gasteiger partial charge in [-0.25, -0.2) is 0 Å². The van der Waals surface area contributed by atoms with Crippen LogP contribution in [0.15, 0.2) is 12.2 Å². The van der Waals surface area contributed by atoms with Gasteiger partial charge < -0.3 is 9.53 Å². The molecule has 0 heterocycles. The molecule has 0 aromatic heterocycles. The molecule has 3 heteroatoms. The van der Waals surface area contributed by atoms with Crippen LogP contribution in [0.3, 0.4) is 0 Å². The van der Waals surface area contributed by atoms with Crippen molar-refractivity contribution < 1.29 is 14.3 Å². The highest BCUT2D eigenvalue weighted by atomic mass is 16.5. The third kappa shape index (κ3) is 1.48. The van der Waals surface area contributed by atoms with Gasteiger partial charge in [-0.15, -0.1) is 0 Å². The molecule has 0 aromatic carbocycles. The highest BCUT2D eigenvalue weighted by Crippen LogP contribution is 2.23. The van der Waals surface area contributed by atoms with E-state index in [9.17, 15) is 9.59 Å². The van der Waals surface area contributed by atoms with Crippen LogP contribution in [0.1, 0.15) is 6.42 Å². The lowest BCUT2D eigenvalue weighted by Crippen LogP contribution is -2.20. The van der Waals surface area contributed by atoms with E-state index in [-0.39, 0.29) is 17.8 Å². The zero-order chi connectivity index (χ0) is 8.27. The summed E-state index contributed by atoms with van der Waals surface area (Å²) in [4.78, 5) is 21.3. The Morgan fingerprint density at radius 3 is 3.00 bits per heavy atom. The van der Waals surface area contributed by atoms with E-state index in [2.05, 4.69) is 4.74 Å². The Labute approximate surface area is 65.0 Å². The van der Waals surface area contributed by atoms with E-state index < -0.39 is 0 Å². The van der Waals surface area contributed by atoms with Crippen LogP contribution >= 0.6 is 0 Å². The topological polar surface area (TPSA) is 43.4 Å². The molecule has 0 bridgehead atoms. The fourth-order valence-electron chi connectivity index (χ4n) is 1.20. The molecule has 11 heavy (non-hydrogen) atoms. The summed E-state index contributed by atoms with van der Waals surface area (Å²) < 4.78 is 4.52. The summed E-state index contributed by atoms with van der Waals surface area (Å²) in [7, 11) is 1.33. The Morgan fingerprint density at radius 1 is 1.73 bits per heavy atom. The molecule has 3 nitrogen and oxygen atoms in total. The molecule has 60 valence electrons. The largest absolute Gasteiger partial charge is 0.469 e. The predicted molar refractivity (Wildman–Crippen MR) is 38.8 cm³/mol. The summed E-state index contributed by atoms with van der Waals surface area (Å²) in [5.41, 5.74) is 0. The first kappa shape index (κ1) is 7.98. The Hall–Kier alpha value is -1.12. The highest BCUT2D eigenvalue weighted by Gasteiger charge is 2.29. The van der Waals surface area contributed by atoms with Gasteiger partial charge in [0.2, 0.25) is 0 Å². The molecule has 0 N–H and O–H groups in total. The number of esters is 1. The molecule has 1 aliphatic carbocycles. The molecule has 2 atom stereocenters. The number of hydrogen-bond acceptors (Lipinski definition) is 3. The van der Waals surface area contributed by atoms with Crippen LogP contribution in [0, 0.1) is 11.8 Å². The molecule has 1 rings (SSSR count). The van der Waals surface area contributed by atoms with Gasteiger partial charge in [0, 0.05) is 5.92 Å². The van der Waals surface area contributed by atoms with E-state index >= 15 is 0 Å². The minimum absolute atomic E-state index is 0.206. The second kappa shape index (κ2) is 3.32. The van der Waals surface area contributed by atoms with E-state index in [4.69, 9.17) is 0 Å². The number of carbonyl (C=O) groups excluding carboxylic acids is 2. The van der Waals surface area contributed by atoms with Gasteiger partial charge in [-0.3, -0.25) is 4.79 Å². The maximum Gasteiger partial charge on any atom is 0.313 e. The molecule has 2 unspecified atom stereocenters. The predicted octanol–water partition coefficient (Wildman–Crippen LogP) is 0.551. The standard InChI is InChI=1S/C8H10O3/c1-11-8(10)7-4-2-3-6(7)5-9/h2,4-7H,3H2,1H3. The lowest BCUT2D eigenvalue weighted by atomic mass is 9.98. The van der Waals surface area contributed by atoms with Crippen LogP contribution in [-0.2, 0) is 14.3 Å². The summed E-state index contributed by atoms with van der Waals surface area (Å²) in [5.74, 6) is -0.879. The number of allylic oxidation sites excluding steroid dienone is 1. The lowest BCUT2D eigenvalue weighted by Gasteiger charge is -2.09. The van der Waals surface area contributed by atoms with Gasteiger partial charge in [0.15, 0.2) is 0 Å². The van der Waals surface area contributed by atoms with Crippen LogP contribution in [0.2, 0.25) is 0 Å². The average molecular weight is 154 g/mol. The van der Waals surface area contributed by atoms with Gasteiger partial charge >= 0.3 is 5.97 Å². The van der Waals surface area contributed by atoms with Gasteiger partial charge in [-0.1, -0.05) is 12.2 Å². The van der Waals surface area contributed by atoms with Crippen molar-refractivity contribution in [1.82, 2.24) is 0 Å². The van der Waals surface area contributed by atoms with Crippen LogP contribution in [0.25, 0.3) is 0 Å². The van der Waals surface area contributed by atoms with E-state index in [0.29, 0.717) is 6.42 Å². The van der Waals surface area contributed by atoms with Crippen molar-refractivity contribution >= 4 is 12.3 Å². The molecule has 0 aromatic rings. The van der Waals surface area contributed by atoms with Crippen molar-refractivity contribution in [3.8, 4) is 0 Å². The molecule has 0 spiro atoms. The van der Waals surface area contributed by atoms with Crippen LogP contribution in [-0.4, -0.2) is 19.4 Å². The molecule has 0 amide bonds. The average Bonchev–Trinajstić information content (AvgIpc) is 2.50. The number of ether oxygens (including phenoxy) is 1. The first-order chi connectivity index (χ1) is 5.29. The van der Waals surface area contributed by atoms with Gasteiger partial charge in [0.05, 0.1) is 13.0 Å². The summed E-state index contributed by atoms with van der Waals surface area (Å²) in [6, 6.07) is 0. The van der Waals surface area contributed by atoms with Crippen molar-refractivity contribution in [2.75, 3.05) is 7.11 Å². The van der Waals surface area contributed by atoms with Crippen molar-refractivity contribution in [2.45, 2.75) is 6.42 Å². The zero-order valence-corrected chi connectivity index (χ0v) is 6.32. The van der Waals surface area contributed by atoms with Crippen molar-refractivity contribution in [2.24, 2.45) is 11.8 Å². The van der Waals surface area contributed by atoms with Gasteiger partial charge in [0.25, 0.3) is 0 Å². The Balaban J connectivity index is 2.62. The summed E-state index contributed by atoms with van der Waals surface area (Å²) in [6.07, 6.45) is 5.02. The number of methoxy groups -OCH3 is 1. The van der Waals surface area contributed by atoms with Gasteiger partial charge in [-0.05, 0) is 6.42 Å². The second-order valence-corrected chi connectivity index (χ2v) is 2.51. The molecular formula is C8H10O3. The van der Waals surface area contributed by atoms with Crippen LogP contribution < -0.4 is 0 Å². The number of rotatable bonds is 2. The zero-order valence-electron chi connectivity index (χ0n) is 6.32. The van der Waals surface area contributed by atoms with Crippen molar-refractivity contribution in [1.29, 1.82) is 0 Å². The molecule has 0 aliphatic heterocycles. The number of carbonyl (C=O) groups is 2. The number of hydrogen-bond donors (Lipinski definition) is 0. The van der Waals surface area contributed by atoms with Gasteiger partial charge in [-0.2, -0.15) is 0 Å². The molecule has 0 radical (unpaired) electrons. The van der Waals surface area contributed by atoms with E-state index in [1.165, 1.54) is 7.11 Å². The second-order valence-electron chi connectivity index (χ2n) is 2.51. The van der Waals surface area contributed by atoms with Crippen molar-refractivity contribution in [3.63, 3.8) is 0 Å². The first-order valence-electron chi connectivity index (χ1n) is 3.49. The fraction of sp³-hybridized carbons (Fsp3) is 0.500. The highest BCUT2D eigenvalue weighted by molar-refractivity contribution is 5.79. The maximum absolute atomic E-state index is 11.0. The monoisotopic (exact) mass is 154 g/mol.